The topological polar surface area (TPSA) is 75.6 Å². The van der Waals surface area contributed by atoms with Crippen molar-refractivity contribution in [2.45, 2.75) is 51.0 Å². The highest BCUT2D eigenvalue weighted by atomic mass is 16.5. The summed E-state index contributed by atoms with van der Waals surface area (Å²) in [5.74, 6) is -0.368. The van der Waals surface area contributed by atoms with Gasteiger partial charge in [-0.2, -0.15) is 0 Å². The van der Waals surface area contributed by atoms with E-state index in [-0.39, 0.29) is 25.0 Å². The molecule has 1 aromatic carbocycles. The molecule has 120 valence electrons. The Kier molecular flexibility index (Phi) is 6.25. The van der Waals surface area contributed by atoms with E-state index in [1.165, 1.54) is 19.3 Å². The van der Waals surface area contributed by atoms with E-state index in [4.69, 9.17) is 9.84 Å². The molecule has 1 fully saturated rings. The number of carboxylic acids is 1. The Morgan fingerprint density at radius 2 is 1.91 bits per heavy atom. The molecule has 1 aliphatic carbocycles. The predicted octanol–water partition coefficient (Wildman–Crippen LogP) is 2.53. The van der Waals surface area contributed by atoms with Gasteiger partial charge < -0.3 is 15.2 Å². The molecular weight excluding hydrogens is 282 g/mol. The first kappa shape index (κ1) is 16.3. The van der Waals surface area contributed by atoms with Crippen LogP contribution in [-0.2, 0) is 16.0 Å². The maximum Gasteiger partial charge on any atom is 0.303 e. The molecule has 0 aromatic heterocycles. The van der Waals surface area contributed by atoms with Crippen molar-refractivity contribution < 1.29 is 19.4 Å². The Balaban J connectivity index is 1.82. The Morgan fingerprint density at radius 1 is 1.18 bits per heavy atom. The van der Waals surface area contributed by atoms with Gasteiger partial charge in [0.15, 0.2) is 6.61 Å². The van der Waals surface area contributed by atoms with Gasteiger partial charge in [-0.1, -0.05) is 37.5 Å². The first-order valence-electron chi connectivity index (χ1n) is 7.87. The maximum absolute atomic E-state index is 11.9. The molecule has 0 bridgehead atoms. The molecule has 0 aliphatic heterocycles. The van der Waals surface area contributed by atoms with E-state index >= 15 is 0 Å². The molecule has 5 heteroatoms. The summed E-state index contributed by atoms with van der Waals surface area (Å²) in [5.41, 5.74) is 0.815. The molecule has 0 saturated heterocycles. The molecule has 1 saturated carbocycles. The van der Waals surface area contributed by atoms with E-state index in [2.05, 4.69) is 5.32 Å². The number of carboxylic acid groups (broad SMARTS) is 1. The van der Waals surface area contributed by atoms with Crippen LogP contribution in [-0.4, -0.2) is 29.6 Å². The summed E-state index contributed by atoms with van der Waals surface area (Å²) in [7, 11) is 0. The zero-order chi connectivity index (χ0) is 15.8. The predicted molar refractivity (Wildman–Crippen MR) is 82.9 cm³/mol. The maximum atomic E-state index is 11.9. The van der Waals surface area contributed by atoms with Crippen molar-refractivity contribution in [2.75, 3.05) is 6.61 Å². The number of aliphatic carboxylic acids is 1. The Morgan fingerprint density at radius 3 is 2.64 bits per heavy atom. The molecule has 0 unspecified atom stereocenters. The number of nitrogens with one attached hydrogen (secondary N) is 1. The molecule has 1 amide bonds. The number of aryl methyl sites for hydroxylation is 1. The average Bonchev–Trinajstić information content (AvgIpc) is 2.52. The highest BCUT2D eigenvalue weighted by molar-refractivity contribution is 5.77. The van der Waals surface area contributed by atoms with Crippen LogP contribution in [0, 0.1) is 0 Å². The van der Waals surface area contributed by atoms with Crippen molar-refractivity contribution in [2.24, 2.45) is 0 Å². The molecule has 1 aliphatic rings. The minimum absolute atomic E-state index is 0.0272. The van der Waals surface area contributed by atoms with Gasteiger partial charge in [-0.05, 0) is 30.9 Å². The lowest BCUT2D eigenvalue weighted by atomic mass is 9.95. The van der Waals surface area contributed by atoms with E-state index in [9.17, 15) is 9.59 Å². The monoisotopic (exact) mass is 305 g/mol. The van der Waals surface area contributed by atoms with Gasteiger partial charge in [0.25, 0.3) is 5.91 Å². The lowest BCUT2D eigenvalue weighted by Gasteiger charge is -2.22. The van der Waals surface area contributed by atoms with E-state index in [0.29, 0.717) is 12.2 Å². The Labute approximate surface area is 130 Å². The van der Waals surface area contributed by atoms with Gasteiger partial charge in [0, 0.05) is 12.5 Å². The van der Waals surface area contributed by atoms with Gasteiger partial charge in [-0.15, -0.1) is 0 Å². The van der Waals surface area contributed by atoms with Crippen LogP contribution in [0.25, 0.3) is 0 Å². The molecule has 22 heavy (non-hydrogen) atoms. The first-order valence-corrected chi connectivity index (χ1v) is 7.87. The molecule has 0 atom stereocenters. The highest BCUT2D eigenvalue weighted by Gasteiger charge is 2.16. The minimum atomic E-state index is -0.843. The summed E-state index contributed by atoms with van der Waals surface area (Å²) in [6.07, 6.45) is 6.12. The van der Waals surface area contributed by atoms with E-state index in [1.807, 2.05) is 18.2 Å². The number of hydrogen-bond donors (Lipinski definition) is 2. The second-order valence-corrected chi connectivity index (χ2v) is 5.69. The second-order valence-electron chi connectivity index (χ2n) is 5.69. The zero-order valence-electron chi connectivity index (χ0n) is 12.7. The second kappa shape index (κ2) is 8.41. The van der Waals surface area contributed by atoms with Crippen molar-refractivity contribution in [1.82, 2.24) is 5.32 Å². The summed E-state index contributed by atoms with van der Waals surface area (Å²) in [5, 5.41) is 11.8. The summed E-state index contributed by atoms with van der Waals surface area (Å²) < 4.78 is 5.57. The van der Waals surface area contributed by atoms with Crippen molar-refractivity contribution in [3.63, 3.8) is 0 Å². The molecular formula is C17H23NO4. The van der Waals surface area contributed by atoms with Crippen molar-refractivity contribution in [3.8, 4) is 5.75 Å². The van der Waals surface area contributed by atoms with E-state index in [0.717, 1.165) is 18.4 Å². The molecule has 0 radical (unpaired) electrons. The number of rotatable bonds is 7. The molecule has 0 heterocycles. The van der Waals surface area contributed by atoms with E-state index in [1.54, 1.807) is 6.07 Å². The Bertz CT molecular complexity index is 509. The van der Waals surface area contributed by atoms with Crippen LogP contribution in [0.2, 0.25) is 0 Å². The molecule has 1 aromatic rings. The van der Waals surface area contributed by atoms with Gasteiger partial charge >= 0.3 is 5.97 Å². The first-order chi connectivity index (χ1) is 10.6. The lowest BCUT2D eigenvalue weighted by Crippen LogP contribution is -2.39. The van der Waals surface area contributed by atoms with Crippen LogP contribution < -0.4 is 10.1 Å². The van der Waals surface area contributed by atoms with Crippen molar-refractivity contribution >= 4 is 11.9 Å². The van der Waals surface area contributed by atoms with Gasteiger partial charge in [0.2, 0.25) is 0 Å². The van der Waals surface area contributed by atoms with Crippen molar-refractivity contribution in [3.05, 3.63) is 29.8 Å². The smallest absolute Gasteiger partial charge is 0.303 e. The Hall–Kier alpha value is -2.04. The van der Waals surface area contributed by atoms with Crippen LogP contribution in [0.15, 0.2) is 24.3 Å². The normalized spacial score (nSPS) is 15.3. The largest absolute Gasteiger partial charge is 0.483 e. The number of para-hydroxylation sites is 1. The van der Waals surface area contributed by atoms with Crippen LogP contribution in [0.4, 0.5) is 0 Å². The standard InChI is InChI=1S/C17H23NO4/c19-16(18-14-7-2-1-3-8-14)12-22-15-9-5-4-6-13(15)10-11-17(20)21/h4-6,9,14H,1-3,7-8,10-12H2,(H,18,19)(H,20,21). The SMILES string of the molecule is O=C(O)CCc1ccccc1OCC(=O)NC1CCCCC1. The summed E-state index contributed by atoms with van der Waals surface area (Å²) in [4.78, 5) is 22.6. The third-order valence-corrected chi connectivity index (χ3v) is 3.91. The zero-order valence-corrected chi connectivity index (χ0v) is 12.7. The van der Waals surface area contributed by atoms with Gasteiger partial charge in [0.05, 0.1) is 0 Å². The summed E-state index contributed by atoms with van der Waals surface area (Å²) in [6.45, 7) is -0.0272. The lowest BCUT2D eigenvalue weighted by molar-refractivity contribution is -0.137. The van der Waals surface area contributed by atoms with Crippen LogP contribution in [0.3, 0.4) is 0 Å². The number of ether oxygens (including phenoxy) is 1. The van der Waals surface area contributed by atoms with Crippen LogP contribution in [0.5, 0.6) is 5.75 Å². The summed E-state index contributed by atoms with van der Waals surface area (Å²) in [6, 6.07) is 7.53. The van der Waals surface area contributed by atoms with Gasteiger partial charge in [-0.25, -0.2) is 0 Å². The molecule has 5 nitrogen and oxygen atoms in total. The fourth-order valence-corrected chi connectivity index (χ4v) is 2.75. The van der Waals surface area contributed by atoms with Gasteiger partial charge in [0.1, 0.15) is 5.75 Å². The van der Waals surface area contributed by atoms with E-state index < -0.39 is 5.97 Å². The molecule has 2 N–H and O–H groups in total. The highest BCUT2D eigenvalue weighted by Crippen LogP contribution is 2.20. The number of hydrogen-bond acceptors (Lipinski definition) is 3. The van der Waals surface area contributed by atoms with Crippen molar-refractivity contribution in [1.29, 1.82) is 0 Å². The summed E-state index contributed by atoms with van der Waals surface area (Å²) >= 11 is 0. The number of benzene rings is 1. The molecule has 0 spiro atoms. The third-order valence-electron chi connectivity index (χ3n) is 3.91. The minimum Gasteiger partial charge on any atom is -0.483 e. The number of carbonyl (C=O) groups excluding carboxylic acids is 1. The third kappa shape index (κ3) is 5.39. The average molecular weight is 305 g/mol. The van der Waals surface area contributed by atoms with Gasteiger partial charge in [-0.3, -0.25) is 9.59 Å². The molecule has 2 rings (SSSR count). The fraction of sp³-hybridized carbons (Fsp3) is 0.529. The number of carbonyl (C=O) groups is 2. The number of amides is 1. The quantitative estimate of drug-likeness (QED) is 0.811. The van der Waals surface area contributed by atoms with Crippen LogP contribution in [0.1, 0.15) is 44.1 Å². The van der Waals surface area contributed by atoms with Crippen LogP contribution >= 0.6 is 0 Å². The fourth-order valence-electron chi connectivity index (χ4n) is 2.75.